The van der Waals surface area contributed by atoms with Gasteiger partial charge in [0.1, 0.15) is 0 Å². The van der Waals surface area contributed by atoms with Crippen molar-refractivity contribution in [2.24, 2.45) is 11.8 Å². The number of aliphatic carboxylic acids is 1. The van der Waals surface area contributed by atoms with Crippen molar-refractivity contribution in [1.82, 2.24) is 0 Å². The molecule has 2 unspecified atom stereocenters. The Labute approximate surface area is 71.7 Å². The zero-order valence-electron chi connectivity index (χ0n) is 6.94. The summed E-state index contributed by atoms with van der Waals surface area (Å²) in [6.45, 7) is 0.189. The molecule has 0 radical (unpaired) electrons. The van der Waals surface area contributed by atoms with E-state index in [-0.39, 0.29) is 18.9 Å². The number of hydrogen-bond donors (Lipinski definition) is 2. The molecule has 12 heavy (non-hydrogen) atoms. The van der Waals surface area contributed by atoms with Crippen LogP contribution in [0, 0.1) is 11.8 Å². The third kappa shape index (κ3) is 2.66. The lowest BCUT2D eigenvalue weighted by Gasteiger charge is -2.07. The monoisotopic (exact) mass is 170 g/mol. The Morgan fingerprint density at radius 2 is 2.08 bits per heavy atom. The average molecular weight is 170 g/mol. The second-order valence-electron chi connectivity index (χ2n) is 3.25. The van der Waals surface area contributed by atoms with Gasteiger partial charge in [-0.25, -0.2) is 0 Å². The molecule has 0 spiro atoms. The van der Waals surface area contributed by atoms with Gasteiger partial charge in [-0.15, -0.1) is 0 Å². The summed E-state index contributed by atoms with van der Waals surface area (Å²) in [6.07, 6.45) is 5.83. The minimum atomic E-state index is -0.741. The van der Waals surface area contributed by atoms with Crippen LogP contribution in [0.4, 0.5) is 0 Å². The number of carboxylic acids is 1. The highest BCUT2D eigenvalue weighted by Gasteiger charge is 2.20. The lowest BCUT2D eigenvalue weighted by Crippen LogP contribution is -2.05. The van der Waals surface area contributed by atoms with Gasteiger partial charge in [0.25, 0.3) is 0 Å². The number of hydrogen-bond acceptors (Lipinski definition) is 2. The van der Waals surface area contributed by atoms with Crippen LogP contribution in [0.2, 0.25) is 0 Å². The molecule has 0 aliphatic heterocycles. The Morgan fingerprint density at radius 3 is 2.67 bits per heavy atom. The highest BCUT2D eigenvalue weighted by atomic mass is 16.4. The molecule has 68 valence electrons. The largest absolute Gasteiger partial charge is 0.481 e. The molecule has 2 N–H and O–H groups in total. The maximum atomic E-state index is 10.3. The van der Waals surface area contributed by atoms with E-state index in [0.717, 1.165) is 12.8 Å². The van der Waals surface area contributed by atoms with Gasteiger partial charge in [-0.2, -0.15) is 0 Å². The highest BCUT2D eigenvalue weighted by Crippen LogP contribution is 2.27. The van der Waals surface area contributed by atoms with Crippen LogP contribution in [0.5, 0.6) is 0 Å². The molecule has 0 saturated carbocycles. The molecule has 0 aromatic carbocycles. The van der Waals surface area contributed by atoms with E-state index in [2.05, 4.69) is 0 Å². The van der Waals surface area contributed by atoms with E-state index in [1.165, 1.54) is 0 Å². The molecule has 2 atom stereocenters. The van der Waals surface area contributed by atoms with E-state index in [9.17, 15) is 4.79 Å². The van der Waals surface area contributed by atoms with Gasteiger partial charge < -0.3 is 10.2 Å². The van der Waals surface area contributed by atoms with Crippen molar-refractivity contribution in [2.45, 2.75) is 19.3 Å². The number of carbonyl (C=O) groups is 1. The fourth-order valence-electron chi connectivity index (χ4n) is 1.62. The van der Waals surface area contributed by atoms with Crippen molar-refractivity contribution in [3.8, 4) is 0 Å². The molecule has 3 nitrogen and oxygen atoms in total. The van der Waals surface area contributed by atoms with E-state index in [1.54, 1.807) is 0 Å². The Hall–Kier alpha value is -0.830. The van der Waals surface area contributed by atoms with Gasteiger partial charge in [0, 0.05) is 6.61 Å². The second-order valence-corrected chi connectivity index (χ2v) is 3.25. The number of aliphatic hydroxyl groups is 1. The summed E-state index contributed by atoms with van der Waals surface area (Å²) in [4.78, 5) is 10.3. The summed E-state index contributed by atoms with van der Waals surface area (Å²) in [7, 11) is 0. The van der Waals surface area contributed by atoms with E-state index >= 15 is 0 Å². The van der Waals surface area contributed by atoms with Crippen LogP contribution in [0.15, 0.2) is 12.2 Å². The molecule has 0 saturated heterocycles. The Bertz CT molecular complexity index is 186. The van der Waals surface area contributed by atoms with Gasteiger partial charge in [0.05, 0.1) is 6.42 Å². The second kappa shape index (κ2) is 4.26. The van der Waals surface area contributed by atoms with Gasteiger partial charge in [0.15, 0.2) is 0 Å². The van der Waals surface area contributed by atoms with E-state index in [4.69, 9.17) is 10.2 Å². The molecule has 1 aliphatic rings. The Kier molecular flexibility index (Phi) is 3.29. The summed E-state index contributed by atoms with van der Waals surface area (Å²) < 4.78 is 0. The van der Waals surface area contributed by atoms with Crippen LogP contribution < -0.4 is 0 Å². The van der Waals surface area contributed by atoms with Crippen molar-refractivity contribution in [2.75, 3.05) is 6.61 Å². The smallest absolute Gasteiger partial charge is 0.303 e. The van der Waals surface area contributed by atoms with Crippen LogP contribution >= 0.6 is 0 Å². The first-order valence-electron chi connectivity index (χ1n) is 4.23. The predicted octanol–water partition coefficient (Wildman–Crippen LogP) is 1.04. The van der Waals surface area contributed by atoms with Crippen molar-refractivity contribution < 1.29 is 15.0 Å². The van der Waals surface area contributed by atoms with Gasteiger partial charge in [-0.3, -0.25) is 4.79 Å². The fourth-order valence-corrected chi connectivity index (χ4v) is 1.62. The fraction of sp³-hybridized carbons (Fsp3) is 0.667. The van der Waals surface area contributed by atoms with Crippen molar-refractivity contribution >= 4 is 5.97 Å². The van der Waals surface area contributed by atoms with E-state index in [0.29, 0.717) is 5.92 Å². The van der Waals surface area contributed by atoms with E-state index in [1.807, 2.05) is 12.2 Å². The first-order chi connectivity index (χ1) is 5.72. The zero-order chi connectivity index (χ0) is 8.97. The molecule has 0 amide bonds. The lowest BCUT2D eigenvalue weighted by atomic mass is 9.98. The molecule has 0 fully saturated rings. The number of aliphatic hydroxyl groups excluding tert-OH is 1. The minimum Gasteiger partial charge on any atom is -0.481 e. The van der Waals surface area contributed by atoms with E-state index < -0.39 is 5.97 Å². The summed E-state index contributed by atoms with van der Waals surface area (Å²) in [5, 5.41) is 17.2. The van der Waals surface area contributed by atoms with Crippen molar-refractivity contribution in [3.05, 3.63) is 12.2 Å². The van der Waals surface area contributed by atoms with Crippen LogP contribution in [-0.2, 0) is 4.79 Å². The van der Waals surface area contributed by atoms with Gasteiger partial charge in [0.2, 0.25) is 0 Å². The Balaban J connectivity index is 2.27. The lowest BCUT2D eigenvalue weighted by molar-refractivity contribution is -0.137. The van der Waals surface area contributed by atoms with Gasteiger partial charge in [-0.05, 0) is 24.7 Å². The predicted molar refractivity (Wildman–Crippen MR) is 44.7 cm³/mol. The first-order valence-corrected chi connectivity index (χ1v) is 4.23. The molecule has 0 aromatic rings. The highest BCUT2D eigenvalue weighted by molar-refractivity contribution is 5.67. The number of rotatable bonds is 4. The van der Waals surface area contributed by atoms with Crippen LogP contribution in [0.25, 0.3) is 0 Å². The normalized spacial score (nSPS) is 27.8. The van der Waals surface area contributed by atoms with Gasteiger partial charge >= 0.3 is 5.97 Å². The standard InChI is InChI=1S/C9H14O3/c10-4-3-7-1-2-8(5-7)6-9(11)12/h1-2,7-8,10H,3-6H2,(H,11,12). The SMILES string of the molecule is O=C(O)CC1C=CC(CCO)C1. The first kappa shape index (κ1) is 9.26. The number of allylic oxidation sites excluding steroid dienone is 2. The third-order valence-electron chi connectivity index (χ3n) is 2.20. The molecule has 1 rings (SSSR count). The molecule has 0 bridgehead atoms. The number of carboxylic acid groups (broad SMARTS) is 1. The van der Waals surface area contributed by atoms with Crippen molar-refractivity contribution in [1.29, 1.82) is 0 Å². The maximum Gasteiger partial charge on any atom is 0.303 e. The van der Waals surface area contributed by atoms with Crippen molar-refractivity contribution in [3.63, 3.8) is 0 Å². The average Bonchev–Trinajstić information content (AvgIpc) is 2.36. The van der Waals surface area contributed by atoms with Crippen LogP contribution in [-0.4, -0.2) is 22.8 Å². The Morgan fingerprint density at radius 1 is 1.42 bits per heavy atom. The van der Waals surface area contributed by atoms with Crippen LogP contribution in [0.1, 0.15) is 19.3 Å². The summed E-state index contributed by atoms with van der Waals surface area (Å²) in [5.41, 5.74) is 0. The molecule has 1 aliphatic carbocycles. The molecular weight excluding hydrogens is 156 g/mol. The van der Waals surface area contributed by atoms with Gasteiger partial charge in [-0.1, -0.05) is 12.2 Å². The molecule has 3 heteroatoms. The maximum absolute atomic E-state index is 10.3. The molecule has 0 heterocycles. The zero-order valence-corrected chi connectivity index (χ0v) is 6.94. The minimum absolute atomic E-state index is 0.180. The molecular formula is C9H14O3. The molecule has 0 aromatic heterocycles. The van der Waals surface area contributed by atoms with Crippen LogP contribution in [0.3, 0.4) is 0 Å². The summed E-state index contributed by atoms with van der Waals surface area (Å²) >= 11 is 0. The summed E-state index contributed by atoms with van der Waals surface area (Å²) in [6, 6.07) is 0. The topological polar surface area (TPSA) is 57.5 Å². The quantitative estimate of drug-likeness (QED) is 0.620. The third-order valence-corrected chi connectivity index (χ3v) is 2.20. The summed E-state index contributed by atoms with van der Waals surface area (Å²) in [5.74, 6) is -0.173.